The van der Waals surface area contributed by atoms with Crippen LogP contribution in [-0.4, -0.2) is 26.2 Å². The summed E-state index contributed by atoms with van der Waals surface area (Å²) < 4.78 is 1.58. The molecule has 0 aliphatic heterocycles. The van der Waals surface area contributed by atoms with E-state index < -0.39 is 0 Å². The van der Waals surface area contributed by atoms with E-state index in [0.29, 0.717) is 0 Å². The Bertz CT molecular complexity index is 540. The quantitative estimate of drug-likeness (QED) is 0.876. The Hall–Kier alpha value is -2.17. The number of carbonyl (C=O) groups excluding carboxylic acids is 1. The van der Waals surface area contributed by atoms with E-state index in [1.807, 2.05) is 51.1 Å². The standard InChI is InChI=1S/C13H16N4O/c1-13(2,3)15-12(18)11-14-9-17(16-11)10-7-5-4-6-8-10/h4-9H,1-3H3,(H,15,18). The Balaban J connectivity index is 2.19. The molecule has 1 amide bonds. The first kappa shape index (κ1) is 12.3. The van der Waals surface area contributed by atoms with Gasteiger partial charge in [0.2, 0.25) is 5.82 Å². The molecule has 2 aromatic rings. The van der Waals surface area contributed by atoms with Crippen molar-refractivity contribution in [2.75, 3.05) is 0 Å². The molecule has 0 bridgehead atoms. The normalized spacial score (nSPS) is 11.3. The van der Waals surface area contributed by atoms with Crippen LogP contribution in [0.1, 0.15) is 31.4 Å². The Kier molecular flexibility index (Phi) is 3.14. The molecule has 0 spiro atoms. The highest BCUT2D eigenvalue weighted by atomic mass is 16.2. The van der Waals surface area contributed by atoms with Gasteiger partial charge in [0, 0.05) is 5.54 Å². The molecule has 0 atom stereocenters. The van der Waals surface area contributed by atoms with Crippen molar-refractivity contribution in [2.24, 2.45) is 0 Å². The Labute approximate surface area is 106 Å². The van der Waals surface area contributed by atoms with Crippen LogP contribution in [0.2, 0.25) is 0 Å². The van der Waals surface area contributed by atoms with Gasteiger partial charge in [-0.25, -0.2) is 9.67 Å². The van der Waals surface area contributed by atoms with Gasteiger partial charge in [-0.1, -0.05) is 18.2 Å². The Morgan fingerprint density at radius 3 is 2.50 bits per heavy atom. The Morgan fingerprint density at radius 2 is 1.89 bits per heavy atom. The first-order valence-corrected chi connectivity index (χ1v) is 5.75. The third-order valence-corrected chi connectivity index (χ3v) is 2.20. The van der Waals surface area contributed by atoms with Gasteiger partial charge >= 0.3 is 0 Å². The number of aromatic nitrogens is 3. The summed E-state index contributed by atoms with van der Waals surface area (Å²) in [5.41, 5.74) is 0.578. The fourth-order valence-corrected chi connectivity index (χ4v) is 1.47. The predicted octanol–water partition coefficient (Wildman–Crippen LogP) is 1.80. The van der Waals surface area contributed by atoms with Gasteiger partial charge < -0.3 is 5.32 Å². The molecule has 1 aromatic carbocycles. The monoisotopic (exact) mass is 244 g/mol. The van der Waals surface area contributed by atoms with Crippen LogP contribution in [0.15, 0.2) is 36.7 Å². The molecule has 0 saturated carbocycles. The van der Waals surface area contributed by atoms with E-state index in [2.05, 4.69) is 15.4 Å². The molecule has 0 unspecified atom stereocenters. The van der Waals surface area contributed by atoms with Gasteiger partial charge in [-0.3, -0.25) is 4.79 Å². The molecule has 94 valence electrons. The van der Waals surface area contributed by atoms with E-state index in [-0.39, 0.29) is 17.3 Å². The lowest BCUT2D eigenvalue weighted by Crippen LogP contribution is -2.41. The Morgan fingerprint density at radius 1 is 1.22 bits per heavy atom. The van der Waals surface area contributed by atoms with Crippen LogP contribution >= 0.6 is 0 Å². The predicted molar refractivity (Wildman–Crippen MR) is 68.6 cm³/mol. The van der Waals surface area contributed by atoms with Crippen LogP contribution in [0.5, 0.6) is 0 Å². The largest absolute Gasteiger partial charge is 0.345 e. The first-order chi connectivity index (χ1) is 8.46. The lowest BCUT2D eigenvalue weighted by molar-refractivity contribution is 0.0909. The number of hydrogen-bond donors (Lipinski definition) is 1. The summed E-state index contributed by atoms with van der Waals surface area (Å²) >= 11 is 0. The summed E-state index contributed by atoms with van der Waals surface area (Å²) in [7, 11) is 0. The van der Waals surface area contributed by atoms with Crippen LogP contribution < -0.4 is 5.32 Å². The number of benzene rings is 1. The number of nitrogens with zero attached hydrogens (tertiary/aromatic N) is 3. The molecule has 5 nitrogen and oxygen atoms in total. The zero-order valence-corrected chi connectivity index (χ0v) is 10.7. The van der Waals surface area contributed by atoms with Gasteiger partial charge in [0.25, 0.3) is 5.91 Å². The molecular formula is C13H16N4O. The molecule has 5 heteroatoms. The van der Waals surface area contributed by atoms with Crippen molar-refractivity contribution >= 4 is 5.91 Å². The number of para-hydroxylation sites is 1. The van der Waals surface area contributed by atoms with Crippen molar-refractivity contribution in [3.8, 4) is 5.69 Å². The maximum absolute atomic E-state index is 11.9. The van der Waals surface area contributed by atoms with Crippen molar-refractivity contribution < 1.29 is 4.79 Å². The first-order valence-electron chi connectivity index (χ1n) is 5.75. The van der Waals surface area contributed by atoms with Gasteiger partial charge in [0.15, 0.2) is 0 Å². The molecule has 1 aromatic heterocycles. The van der Waals surface area contributed by atoms with Gasteiger partial charge in [0.05, 0.1) is 5.69 Å². The molecule has 2 rings (SSSR count). The third-order valence-electron chi connectivity index (χ3n) is 2.20. The molecule has 0 fully saturated rings. The highest BCUT2D eigenvalue weighted by Crippen LogP contribution is 2.06. The smallest absolute Gasteiger partial charge is 0.291 e. The third kappa shape index (κ3) is 2.94. The zero-order valence-electron chi connectivity index (χ0n) is 10.7. The van der Waals surface area contributed by atoms with Gasteiger partial charge in [-0.15, -0.1) is 5.10 Å². The highest BCUT2D eigenvalue weighted by Gasteiger charge is 2.18. The molecule has 18 heavy (non-hydrogen) atoms. The lowest BCUT2D eigenvalue weighted by Gasteiger charge is -2.18. The SMILES string of the molecule is CC(C)(C)NC(=O)c1ncn(-c2ccccc2)n1. The maximum Gasteiger partial charge on any atom is 0.291 e. The number of rotatable bonds is 2. The average Bonchev–Trinajstić information content (AvgIpc) is 2.77. The number of hydrogen-bond acceptors (Lipinski definition) is 3. The average molecular weight is 244 g/mol. The maximum atomic E-state index is 11.9. The van der Waals surface area contributed by atoms with Crippen molar-refractivity contribution in [1.29, 1.82) is 0 Å². The van der Waals surface area contributed by atoms with E-state index in [1.165, 1.54) is 6.33 Å². The van der Waals surface area contributed by atoms with Crippen LogP contribution in [0.3, 0.4) is 0 Å². The fourth-order valence-electron chi connectivity index (χ4n) is 1.47. The summed E-state index contributed by atoms with van der Waals surface area (Å²) in [6.07, 6.45) is 1.53. The summed E-state index contributed by atoms with van der Waals surface area (Å²) in [4.78, 5) is 15.9. The second-order valence-electron chi connectivity index (χ2n) is 5.05. The minimum atomic E-state index is -0.296. The van der Waals surface area contributed by atoms with E-state index in [0.717, 1.165) is 5.69 Å². The zero-order chi connectivity index (χ0) is 13.2. The number of nitrogens with one attached hydrogen (secondary N) is 1. The van der Waals surface area contributed by atoms with Crippen molar-refractivity contribution in [1.82, 2.24) is 20.1 Å². The van der Waals surface area contributed by atoms with E-state index in [1.54, 1.807) is 4.68 Å². The molecule has 0 aliphatic carbocycles. The lowest BCUT2D eigenvalue weighted by atomic mass is 10.1. The molecule has 1 N–H and O–H groups in total. The van der Waals surface area contributed by atoms with Crippen molar-refractivity contribution in [3.63, 3.8) is 0 Å². The molecule has 1 heterocycles. The molecular weight excluding hydrogens is 228 g/mol. The van der Waals surface area contributed by atoms with Crippen LogP contribution in [0.4, 0.5) is 0 Å². The van der Waals surface area contributed by atoms with Crippen molar-refractivity contribution in [2.45, 2.75) is 26.3 Å². The number of carbonyl (C=O) groups is 1. The van der Waals surface area contributed by atoms with Crippen LogP contribution in [-0.2, 0) is 0 Å². The molecule has 0 radical (unpaired) electrons. The van der Waals surface area contributed by atoms with Crippen molar-refractivity contribution in [3.05, 3.63) is 42.5 Å². The molecule has 0 aliphatic rings. The van der Waals surface area contributed by atoms with Gasteiger partial charge in [-0.05, 0) is 32.9 Å². The van der Waals surface area contributed by atoms with Crippen LogP contribution in [0, 0.1) is 0 Å². The minimum absolute atomic E-state index is 0.175. The van der Waals surface area contributed by atoms with Gasteiger partial charge in [-0.2, -0.15) is 0 Å². The van der Waals surface area contributed by atoms with E-state index in [4.69, 9.17) is 0 Å². The second kappa shape index (κ2) is 4.60. The minimum Gasteiger partial charge on any atom is -0.345 e. The van der Waals surface area contributed by atoms with E-state index >= 15 is 0 Å². The summed E-state index contributed by atoms with van der Waals surface area (Å²) in [5, 5.41) is 6.98. The fraction of sp³-hybridized carbons (Fsp3) is 0.308. The topological polar surface area (TPSA) is 59.8 Å². The second-order valence-corrected chi connectivity index (χ2v) is 5.05. The number of amides is 1. The highest BCUT2D eigenvalue weighted by molar-refractivity contribution is 5.90. The summed E-state index contributed by atoms with van der Waals surface area (Å²) in [6.45, 7) is 5.75. The summed E-state index contributed by atoms with van der Waals surface area (Å²) in [6, 6.07) is 9.55. The molecule has 0 saturated heterocycles. The van der Waals surface area contributed by atoms with Gasteiger partial charge in [0.1, 0.15) is 6.33 Å². The van der Waals surface area contributed by atoms with Crippen LogP contribution in [0.25, 0.3) is 5.69 Å². The summed E-state index contributed by atoms with van der Waals surface area (Å²) in [5.74, 6) is -0.0917. The van der Waals surface area contributed by atoms with E-state index in [9.17, 15) is 4.79 Å².